The monoisotopic (exact) mass is 1880 g/mol. The van der Waals surface area contributed by atoms with Gasteiger partial charge < -0.3 is 142 Å². The number of aliphatic carboxylic acids is 1. The van der Waals surface area contributed by atoms with E-state index in [2.05, 4.69) is 49.8 Å². The molecule has 13 aliphatic heterocycles. The summed E-state index contributed by atoms with van der Waals surface area (Å²) >= 11 is 4.08. The minimum Gasteiger partial charge on any atom is -0.480 e. The van der Waals surface area contributed by atoms with Gasteiger partial charge in [0.2, 0.25) is 118 Å². The number of likely N-dealkylation sites (tertiary alicyclic amines) is 13. The summed E-state index contributed by atoms with van der Waals surface area (Å²) in [6.45, 7) is -5.93. The first-order valence-corrected chi connectivity index (χ1v) is 46.1. The van der Waals surface area contributed by atoms with Crippen molar-refractivity contribution in [2.45, 2.75) is 250 Å². The number of aliphatic hydroxyl groups is 6. The van der Waals surface area contributed by atoms with E-state index in [1.54, 1.807) is 0 Å². The van der Waals surface area contributed by atoms with E-state index in [1.807, 2.05) is 0 Å². The molecule has 132 heavy (non-hydrogen) atoms. The third kappa shape index (κ3) is 21.7. The van der Waals surface area contributed by atoms with Gasteiger partial charge in [-0.15, -0.1) is 0 Å². The molecule has 13 rings (SSSR count). The van der Waals surface area contributed by atoms with Gasteiger partial charge in [0.05, 0.1) is 81.9 Å². The summed E-state index contributed by atoms with van der Waals surface area (Å²) < 4.78 is 0. The Morgan fingerprint density at radius 2 is 0.409 bits per heavy atom. The lowest BCUT2D eigenvalue weighted by atomic mass is 10.1. The number of rotatable bonds is 29. The Hall–Kier alpha value is -11.1. The van der Waals surface area contributed by atoms with E-state index in [0.29, 0.717) is 51.4 Å². The number of nitrogens with one attached hydrogen (secondary N) is 7. The Balaban J connectivity index is 0.538. The molecule has 13 heterocycles. The number of nitrogens with zero attached hydrogens (tertiary/aromatic N) is 13. The molecule has 16 N–H and O–H groups in total. The molecule has 0 aromatic heterocycles. The maximum Gasteiger partial charge on any atom is 0.322 e. The Morgan fingerprint density at radius 1 is 0.250 bits per heavy atom. The fraction of sp³-hybridized carbons (Fsp3) is 0.744. The summed E-state index contributed by atoms with van der Waals surface area (Å²) in [4.78, 5) is 304. The molecular formula is C82H119N21O28S. The maximum absolute atomic E-state index is 14.5. The molecule has 0 aromatic carbocycles. The van der Waals surface area contributed by atoms with Gasteiger partial charge in [0, 0.05) is 129 Å². The van der Waals surface area contributed by atoms with Gasteiger partial charge in [-0.05, 0) is 89.9 Å². The van der Waals surface area contributed by atoms with Crippen LogP contribution in [0.15, 0.2) is 0 Å². The van der Waals surface area contributed by atoms with Crippen LogP contribution < -0.4 is 43.0 Å². The average molecular weight is 1880 g/mol. The van der Waals surface area contributed by atoms with Crippen LogP contribution in [0, 0.1) is 0 Å². The number of amides is 20. The van der Waals surface area contributed by atoms with Gasteiger partial charge in [0.25, 0.3) is 0 Å². The number of nitrogens with two attached hydrogens (primary N) is 1. The molecule has 726 valence electrons. The molecule has 0 bridgehead atoms. The number of carboxylic acid groups (broad SMARTS) is 1. The quantitative estimate of drug-likeness (QED) is 0.0309. The molecule has 0 saturated carbocycles. The van der Waals surface area contributed by atoms with Crippen LogP contribution in [0.2, 0.25) is 0 Å². The molecule has 13 fully saturated rings. The summed E-state index contributed by atoms with van der Waals surface area (Å²) in [5, 5.41) is 91.3. The lowest BCUT2D eigenvalue weighted by molar-refractivity contribution is -0.148. The number of thiol groups is 1. The summed E-state index contributed by atoms with van der Waals surface area (Å²) in [6, 6.07) is -16.3. The zero-order valence-corrected chi connectivity index (χ0v) is 74.0. The predicted octanol–water partition coefficient (Wildman–Crippen LogP) is -13.2. The Kier molecular flexibility index (Phi) is 32.0. The molecule has 0 aromatic rings. The number of β-amino-alcohol motifs (C(OH)–C–C–N with tert-alkyl or cyclic N) is 6. The molecule has 0 radical (unpaired) electrons. The lowest BCUT2D eigenvalue weighted by Gasteiger charge is -2.32. The second-order valence-electron chi connectivity index (χ2n) is 36.2. The standard InChI is InChI=1S/C82H119N21O28S/c83-48(41-132)76(125)91-15-1-8-49(91)69(118)84-28-62(110)98-35-42(104)22-56(98)77(126)92-16-2-9-50(92)70(119)85-29-63(111)99-36-43(105)23-57(99)78(127)93-17-3-10-51(93)71(120)86-30-64(112)100-37-44(106)24-58(100)79(128)94-18-4-11-52(94)72(121)87-31-65(113)101-38-45(107)25-59(101)80(129)95-19-5-12-53(95)73(122)88-32-66(114)102-39-46(108)26-60(102)81(130)96-20-6-13-54(96)74(123)89-33-67(115)103-40-47(109)27-61(103)82(131)97-21-7-14-55(97)75(124)90-34-68(116)117/h42-61,104-109,132H,1-41,83H2,(H,84,118)(H,85,119)(H,86,120)(H,87,121)(H,88,122)(H,89,123)(H,90,124)(H,116,117)/t42-,43-,44-,45-,46-,47-,48+,49+,50+,51+,52+,53+,54+,55+,56+,57+,58+,59+,60+,61+/m1/s1. The maximum atomic E-state index is 14.5. The third-order valence-electron chi connectivity index (χ3n) is 27.6. The first-order chi connectivity index (χ1) is 62.9. The molecule has 0 spiro atoms. The normalized spacial score (nSPS) is 30.0. The van der Waals surface area contributed by atoms with Gasteiger partial charge in [-0.3, -0.25) is 101 Å². The molecule has 0 unspecified atom stereocenters. The molecule has 20 amide bonds. The smallest absolute Gasteiger partial charge is 0.322 e. The van der Waals surface area contributed by atoms with Crippen LogP contribution in [0.1, 0.15) is 128 Å². The van der Waals surface area contributed by atoms with Crippen LogP contribution in [0.4, 0.5) is 0 Å². The fourth-order valence-electron chi connectivity index (χ4n) is 21.1. The number of hydrogen-bond donors (Lipinski definition) is 16. The molecular weight excluding hydrogens is 1760 g/mol. The summed E-state index contributed by atoms with van der Waals surface area (Å²) in [5.74, 6) is -15.6. The topological polar surface area (TPSA) is 652 Å². The van der Waals surface area contributed by atoms with E-state index < -0.39 is 291 Å². The zero-order chi connectivity index (χ0) is 95.1. The van der Waals surface area contributed by atoms with Gasteiger partial charge in [0.15, 0.2) is 0 Å². The van der Waals surface area contributed by atoms with Crippen molar-refractivity contribution in [3.63, 3.8) is 0 Å². The Morgan fingerprint density at radius 3 is 0.576 bits per heavy atom. The van der Waals surface area contributed by atoms with Crippen LogP contribution in [0.25, 0.3) is 0 Å². The van der Waals surface area contributed by atoms with Crippen LogP contribution >= 0.6 is 12.6 Å². The second kappa shape index (κ2) is 42.9. The van der Waals surface area contributed by atoms with Crippen LogP contribution in [-0.2, 0) is 101 Å². The first-order valence-electron chi connectivity index (χ1n) is 45.4. The van der Waals surface area contributed by atoms with Gasteiger partial charge in [-0.2, -0.15) is 12.6 Å². The van der Waals surface area contributed by atoms with Crippen molar-refractivity contribution >= 4 is 137 Å². The predicted molar refractivity (Wildman–Crippen MR) is 450 cm³/mol. The zero-order valence-electron chi connectivity index (χ0n) is 73.1. The van der Waals surface area contributed by atoms with Crippen molar-refractivity contribution in [3.05, 3.63) is 0 Å². The fourth-order valence-corrected chi connectivity index (χ4v) is 21.2. The molecule has 0 aliphatic carbocycles. The summed E-state index contributed by atoms with van der Waals surface area (Å²) in [7, 11) is 0. The van der Waals surface area contributed by atoms with E-state index in [0.717, 1.165) is 29.4 Å². The first kappa shape index (κ1) is 98.4. The summed E-state index contributed by atoms with van der Waals surface area (Å²) in [5.41, 5.74) is 5.88. The highest BCUT2D eigenvalue weighted by Gasteiger charge is 2.54. The lowest BCUT2D eigenvalue weighted by Crippen LogP contribution is -2.57. The van der Waals surface area contributed by atoms with Crippen molar-refractivity contribution in [2.24, 2.45) is 5.73 Å². The third-order valence-corrected chi connectivity index (χ3v) is 28.0. The van der Waals surface area contributed by atoms with E-state index in [-0.39, 0.29) is 168 Å². The van der Waals surface area contributed by atoms with Crippen molar-refractivity contribution < 1.29 is 136 Å². The van der Waals surface area contributed by atoms with Gasteiger partial charge >= 0.3 is 5.97 Å². The number of aliphatic hydroxyl groups excluding tert-OH is 6. The Labute approximate surface area is 762 Å². The Bertz CT molecular complexity index is 4460. The van der Waals surface area contributed by atoms with E-state index in [1.165, 1.54) is 34.3 Å². The van der Waals surface area contributed by atoms with Crippen molar-refractivity contribution in [2.75, 3.05) is 137 Å². The van der Waals surface area contributed by atoms with E-state index in [4.69, 9.17) is 10.8 Å². The molecule has 13 saturated heterocycles. The highest BCUT2D eigenvalue weighted by Crippen LogP contribution is 2.34. The van der Waals surface area contributed by atoms with E-state index in [9.17, 15) is 131 Å². The molecule has 20 atom stereocenters. The van der Waals surface area contributed by atoms with Crippen molar-refractivity contribution in [1.82, 2.24) is 101 Å². The highest BCUT2D eigenvalue weighted by molar-refractivity contribution is 7.80. The van der Waals surface area contributed by atoms with Crippen molar-refractivity contribution in [1.29, 1.82) is 0 Å². The molecule has 49 nitrogen and oxygen atoms in total. The van der Waals surface area contributed by atoms with Crippen LogP contribution in [0.3, 0.4) is 0 Å². The van der Waals surface area contributed by atoms with Crippen molar-refractivity contribution in [3.8, 4) is 0 Å². The summed E-state index contributed by atoms with van der Waals surface area (Å²) in [6.07, 6.45) is -4.62. The number of carbonyl (C=O) groups excluding carboxylic acids is 20. The SMILES string of the molecule is N[C@@H](CS)C(=O)N1CCC[C@H]1C(=O)NCC(=O)N1C[C@H](O)C[C@H]1C(=O)N1CCC[C@H]1C(=O)NCC(=O)N1C[C@H](O)C[C@H]1C(=O)N1CCC[C@H]1C(=O)NCC(=O)N1C[C@H](O)C[C@H]1C(=O)N1CCC[C@H]1C(=O)NCC(=O)N1C[C@H](O)C[C@H]1C(=O)N1CCC[C@H]1C(=O)NCC(=O)N1C[C@H](O)C[C@H]1C(=O)N1CCC[C@H]1C(=O)NCC(=O)N1C[C@H](O)C[C@H]1C(=O)N1CCC[C@H]1C(=O)NCC(=O)O. The number of carboxylic acids is 1. The van der Waals surface area contributed by atoms with E-state index >= 15 is 0 Å². The average Bonchev–Trinajstić information content (AvgIpc) is 1.67. The molecule has 13 aliphatic rings. The number of carbonyl (C=O) groups is 21. The van der Waals surface area contributed by atoms with Crippen LogP contribution in [-0.4, -0.2) is 481 Å². The second-order valence-corrected chi connectivity index (χ2v) is 36.6. The minimum atomic E-state index is -1.33. The van der Waals surface area contributed by atoms with Gasteiger partial charge in [-0.25, -0.2) is 0 Å². The highest BCUT2D eigenvalue weighted by atomic mass is 32.1. The molecule has 50 heteroatoms. The largest absolute Gasteiger partial charge is 0.480 e. The van der Waals surface area contributed by atoms with Gasteiger partial charge in [-0.1, -0.05) is 0 Å². The number of hydrogen-bond acceptors (Lipinski definition) is 29. The minimum absolute atomic E-state index is 0.0202. The van der Waals surface area contributed by atoms with Crippen LogP contribution in [0.5, 0.6) is 0 Å². The van der Waals surface area contributed by atoms with Gasteiger partial charge in [0.1, 0.15) is 85.1 Å².